The van der Waals surface area contributed by atoms with Gasteiger partial charge in [0.1, 0.15) is 6.33 Å². The Hall–Kier alpha value is -1.75. The minimum atomic E-state index is 0.547. The van der Waals surface area contributed by atoms with Gasteiger partial charge >= 0.3 is 0 Å². The van der Waals surface area contributed by atoms with Crippen LogP contribution in [0.3, 0.4) is 0 Å². The van der Waals surface area contributed by atoms with Crippen LogP contribution in [0.4, 0.5) is 0 Å². The van der Waals surface area contributed by atoms with Crippen molar-refractivity contribution in [3.05, 3.63) is 36.8 Å². The maximum absolute atomic E-state index is 4.82. The molecule has 5 heteroatoms. The molecule has 2 aromatic rings. The van der Waals surface area contributed by atoms with Crippen molar-refractivity contribution < 1.29 is 0 Å². The van der Waals surface area contributed by atoms with Crippen molar-refractivity contribution in [2.45, 2.75) is 56.9 Å². The molecule has 1 saturated heterocycles. The summed E-state index contributed by atoms with van der Waals surface area (Å²) in [7, 11) is 0. The zero-order chi connectivity index (χ0) is 15.5. The molecule has 0 spiro atoms. The van der Waals surface area contributed by atoms with E-state index < -0.39 is 0 Å². The van der Waals surface area contributed by atoms with Crippen LogP contribution < -0.4 is 0 Å². The molecule has 0 aromatic carbocycles. The van der Waals surface area contributed by atoms with Gasteiger partial charge in [-0.05, 0) is 38.8 Å². The third kappa shape index (κ3) is 3.29. The quantitative estimate of drug-likeness (QED) is 0.873. The molecule has 2 aliphatic rings. The maximum atomic E-state index is 4.82. The molecule has 0 radical (unpaired) electrons. The summed E-state index contributed by atoms with van der Waals surface area (Å²) in [6, 6.07) is 0.841. The van der Waals surface area contributed by atoms with Crippen molar-refractivity contribution in [1.29, 1.82) is 0 Å². The monoisotopic (exact) mass is 311 g/mol. The van der Waals surface area contributed by atoms with Gasteiger partial charge in [-0.25, -0.2) is 9.97 Å². The molecule has 1 saturated carbocycles. The second kappa shape index (κ2) is 6.79. The summed E-state index contributed by atoms with van der Waals surface area (Å²) in [5.41, 5.74) is 1.14. The third-order valence-corrected chi connectivity index (χ3v) is 5.45. The van der Waals surface area contributed by atoms with Crippen LogP contribution in [0.2, 0.25) is 0 Å². The van der Waals surface area contributed by atoms with Gasteiger partial charge in [0.05, 0.1) is 11.9 Å². The van der Waals surface area contributed by atoms with E-state index in [4.69, 9.17) is 4.98 Å². The molecule has 0 bridgehead atoms. The molecule has 4 rings (SSSR count). The van der Waals surface area contributed by atoms with Crippen LogP contribution in [0.1, 0.15) is 56.6 Å². The Bertz CT molecular complexity index is 610. The lowest BCUT2D eigenvalue weighted by molar-refractivity contribution is 0.121. The highest BCUT2D eigenvalue weighted by atomic mass is 15.2. The maximum Gasteiger partial charge on any atom is 0.156 e. The predicted octanol–water partition coefficient (Wildman–Crippen LogP) is 3.17. The molecular formula is C18H25N5. The van der Waals surface area contributed by atoms with Crippen molar-refractivity contribution >= 4 is 0 Å². The number of hydrogen-bond donors (Lipinski definition) is 0. The van der Waals surface area contributed by atoms with Crippen molar-refractivity contribution in [2.24, 2.45) is 0 Å². The molecule has 23 heavy (non-hydrogen) atoms. The Labute approximate surface area is 137 Å². The van der Waals surface area contributed by atoms with E-state index in [1.165, 1.54) is 58.0 Å². The summed E-state index contributed by atoms with van der Waals surface area (Å²) in [6.07, 6.45) is 18.7. The molecule has 0 N–H and O–H groups in total. The van der Waals surface area contributed by atoms with Gasteiger partial charge in [-0.3, -0.25) is 9.55 Å². The average Bonchev–Trinajstić information content (AvgIpc) is 3.18. The van der Waals surface area contributed by atoms with Crippen LogP contribution in [0.25, 0.3) is 5.82 Å². The van der Waals surface area contributed by atoms with Gasteiger partial charge in [0, 0.05) is 30.6 Å². The molecule has 1 aliphatic carbocycles. The van der Waals surface area contributed by atoms with Crippen molar-refractivity contribution in [3.8, 4) is 5.82 Å². The van der Waals surface area contributed by atoms with Crippen LogP contribution in [-0.2, 0) is 0 Å². The second-order valence-electron chi connectivity index (χ2n) is 6.87. The van der Waals surface area contributed by atoms with Crippen LogP contribution >= 0.6 is 0 Å². The van der Waals surface area contributed by atoms with Gasteiger partial charge in [-0.1, -0.05) is 19.3 Å². The molecule has 0 atom stereocenters. The summed E-state index contributed by atoms with van der Waals surface area (Å²) in [5, 5.41) is 0. The summed E-state index contributed by atoms with van der Waals surface area (Å²) in [4.78, 5) is 16.0. The fraction of sp³-hybridized carbons (Fsp3) is 0.611. The van der Waals surface area contributed by atoms with E-state index in [9.17, 15) is 0 Å². The number of hydrogen-bond acceptors (Lipinski definition) is 4. The Balaban J connectivity index is 1.41. The van der Waals surface area contributed by atoms with E-state index in [-0.39, 0.29) is 0 Å². The molecule has 2 aromatic heterocycles. The normalized spacial score (nSPS) is 21.6. The summed E-state index contributed by atoms with van der Waals surface area (Å²) in [6.45, 7) is 2.43. The molecule has 2 fully saturated rings. The lowest BCUT2D eigenvalue weighted by Gasteiger charge is -2.39. The van der Waals surface area contributed by atoms with Crippen LogP contribution in [0.5, 0.6) is 0 Å². The van der Waals surface area contributed by atoms with E-state index in [1.807, 2.05) is 23.2 Å². The van der Waals surface area contributed by atoms with Crippen LogP contribution in [0.15, 0.2) is 31.1 Å². The van der Waals surface area contributed by atoms with Gasteiger partial charge in [-0.2, -0.15) is 0 Å². The van der Waals surface area contributed by atoms with E-state index in [0.29, 0.717) is 5.92 Å². The van der Waals surface area contributed by atoms with E-state index in [2.05, 4.69) is 14.9 Å². The summed E-state index contributed by atoms with van der Waals surface area (Å²) in [5.74, 6) is 1.42. The first kappa shape index (κ1) is 14.8. The highest BCUT2D eigenvalue weighted by Gasteiger charge is 2.27. The van der Waals surface area contributed by atoms with Gasteiger partial charge in [0.15, 0.2) is 5.82 Å². The van der Waals surface area contributed by atoms with Gasteiger partial charge in [0.25, 0.3) is 0 Å². The second-order valence-corrected chi connectivity index (χ2v) is 6.87. The zero-order valence-corrected chi connectivity index (χ0v) is 13.6. The minimum absolute atomic E-state index is 0.547. The first-order valence-electron chi connectivity index (χ1n) is 8.94. The van der Waals surface area contributed by atoms with Crippen LogP contribution in [-0.4, -0.2) is 43.6 Å². The fourth-order valence-electron chi connectivity index (χ4n) is 4.09. The molecular weight excluding hydrogens is 286 g/mol. The summed E-state index contributed by atoms with van der Waals surface area (Å²) >= 11 is 0. The molecule has 5 nitrogen and oxygen atoms in total. The zero-order valence-electron chi connectivity index (χ0n) is 13.6. The first-order chi connectivity index (χ1) is 11.4. The lowest BCUT2D eigenvalue weighted by atomic mass is 9.89. The Morgan fingerprint density at radius 2 is 1.74 bits per heavy atom. The largest absolute Gasteiger partial charge is 0.300 e. The van der Waals surface area contributed by atoms with Crippen LogP contribution in [0, 0.1) is 0 Å². The SMILES string of the molecule is c1cn(-c2cncc(C3CCN(C4CCCCC4)CC3)n2)cn1. The average molecular weight is 311 g/mol. The minimum Gasteiger partial charge on any atom is -0.300 e. The molecule has 3 heterocycles. The standard InChI is InChI=1S/C18H25N5/c1-2-4-16(5-3-1)22-9-6-15(7-10-22)17-12-20-13-18(21-17)23-11-8-19-14-23/h8,11-16H,1-7,9-10H2. The number of aromatic nitrogens is 4. The van der Waals surface area contributed by atoms with Gasteiger partial charge in [0.2, 0.25) is 0 Å². The number of nitrogens with zero attached hydrogens (tertiary/aromatic N) is 5. The fourth-order valence-corrected chi connectivity index (χ4v) is 4.09. The predicted molar refractivity (Wildman–Crippen MR) is 89.6 cm³/mol. The topological polar surface area (TPSA) is 46.8 Å². The van der Waals surface area contributed by atoms with Crippen molar-refractivity contribution in [2.75, 3.05) is 13.1 Å². The number of rotatable bonds is 3. The highest BCUT2D eigenvalue weighted by molar-refractivity contribution is 5.21. The molecule has 0 amide bonds. The Kier molecular flexibility index (Phi) is 4.37. The third-order valence-electron chi connectivity index (χ3n) is 5.45. The smallest absolute Gasteiger partial charge is 0.156 e. The Morgan fingerprint density at radius 3 is 2.48 bits per heavy atom. The molecule has 1 aliphatic heterocycles. The van der Waals surface area contributed by atoms with Crippen molar-refractivity contribution in [1.82, 2.24) is 24.4 Å². The van der Waals surface area contributed by atoms with E-state index in [0.717, 1.165) is 17.6 Å². The first-order valence-corrected chi connectivity index (χ1v) is 8.94. The van der Waals surface area contributed by atoms with Gasteiger partial charge in [-0.15, -0.1) is 0 Å². The molecule has 122 valence electrons. The van der Waals surface area contributed by atoms with Crippen molar-refractivity contribution in [3.63, 3.8) is 0 Å². The Morgan fingerprint density at radius 1 is 0.913 bits per heavy atom. The number of imidazole rings is 1. The highest BCUT2D eigenvalue weighted by Crippen LogP contribution is 2.31. The van der Waals surface area contributed by atoms with E-state index >= 15 is 0 Å². The van der Waals surface area contributed by atoms with Gasteiger partial charge < -0.3 is 4.90 Å². The number of likely N-dealkylation sites (tertiary alicyclic amines) is 1. The molecule has 0 unspecified atom stereocenters. The lowest BCUT2D eigenvalue weighted by Crippen LogP contribution is -2.42. The van der Waals surface area contributed by atoms with E-state index in [1.54, 1.807) is 12.5 Å². The number of piperidine rings is 1. The summed E-state index contributed by atoms with van der Waals surface area (Å²) < 4.78 is 1.92.